The van der Waals surface area contributed by atoms with Gasteiger partial charge in [0.05, 0.1) is 25.4 Å². The average molecular weight is 323 g/mol. The summed E-state index contributed by atoms with van der Waals surface area (Å²) in [6.07, 6.45) is 3.19. The average Bonchev–Trinajstić information content (AvgIpc) is 3.23. The molecule has 0 spiro atoms. The molecule has 7 heteroatoms. The second-order valence-electron chi connectivity index (χ2n) is 5.98. The normalized spacial score (nSPS) is 28.0. The Morgan fingerprint density at radius 1 is 1.30 bits per heavy atom. The molecular weight excluding hydrogens is 302 g/mol. The smallest absolute Gasteiger partial charge is 0.371 e. The fraction of sp³-hybridized carbons (Fsp3) is 0.625. The number of carbonyl (C=O) groups excluding carboxylic acids is 1. The zero-order valence-corrected chi connectivity index (χ0v) is 13.1. The van der Waals surface area contributed by atoms with Gasteiger partial charge in [0.2, 0.25) is 5.76 Å². The lowest BCUT2D eigenvalue weighted by Gasteiger charge is -2.40. The molecule has 3 rings (SSSR count). The zero-order valence-electron chi connectivity index (χ0n) is 13.1. The topological polar surface area (TPSA) is 89.2 Å². The minimum Gasteiger partial charge on any atom is -0.475 e. The Morgan fingerprint density at radius 2 is 2.09 bits per heavy atom. The molecule has 3 atom stereocenters. The Balaban J connectivity index is 1.80. The summed E-state index contributed by atoms with van der Waals surface area (Å²) in [6.45, 7) is 1.42. The molecule has 1 aliphatic heterocycles. The van der Waals surface area contributed by atoms with Crippen molar-refractivity contribution in [2.45, 2.75) is 31.4 Å². The summed E-state index contributed by atoms with van der Waals surface area (Å²) in [5.74, 6) is -1.40. The van der Waals surface area contributed by atoms with Gasteiger partial charge in [-0.1, -0.05) is 6.42 Å². The Morgan fingerprint density at radius 3 is 2.78 bits per heavy atom. The van der Waals surface area contributed by atoms with Gasteiger partial charge in [-0.2, -0.15) is 0 Å². The van der Waals surface area contributed by atoms with Crippen LogP contribution < -0.4 is 0 Å². The third-order valence-corrected chi connectivity index (χ3v) is 4.75. The molecule has 1 aromatic rings. The number of methoxy groups -OCH3 is 1. The summed E-state index contributed by atoms with van der Waals surface area (Å²) in [4.78, 5) is 25.4. The van der Waals surface area contributed by atoms with Crippen LogP contribution >= 0.6 is 0 Å². The molecule has 1 saturated heterocycles. The third kappa shape index (κ3) is 3.11. The predicted octanol–water partition coefficient (Wildman–Crippen LogP) is 1.63. The van der Waals surface area contributed by atoms with E-state index < -0.39 is 5.97 Å². The van der Waals surface area contributed by atoms with Gasteiger partial charge in [-0.15, -0.1) is 0 Å². The summed E-state index contributed by atoms with van der Waals surface area (Å²) < 4.78 is 16.3. The molecule has 1 amide bonds. The Hall–Kier alpha value is -1.86. The first-order valence-electron chi connectivity index (χ1n) is 7.86. The minimum atomic E-state index is -1.18. The van der Waals surface area contributed by atoms with E-state index >= 15 is 0 Å². The van der Waals surface area contributed by atoms with E-state index in [1.165, 1.54) is 12.1 Å². The van der Waals surface area contributed by atoms with Gasteiger partial charge in [0.15, 0.2) is 5.76 Å². The summed E-state index contributed by atoms with van der Waals surface area (Å²) in [5, 5.41) is 8.93. The van der Waals surface area contributed by atoms with Crippen LogP contribution in [0.4, 0.5) is 0 Å². The molecule has 0 radical (unpaired) electrons. The van der Waals surface area contributed by atoms with Crippen LogP contribution in [0.5, 0.6) is 0 Å². The van der Waals surface area contributed by atoms with Gasteiger partial charge in [0.1, 0.15) is 0 Å². The SMILES string of the molecule is COC1CCCC1C1COCCN1C(=O)c1ccc(C(=O)O)o1. The van der Waals surface area contributed by atoms with Gasteiger partial charge >= 0.3 is 5.97 Å². The minimum absolute atomic E-state index is 0.0567. The van der Waals surface area contributed by atoms with Gasteiger partial charge in [-0.3, -0.25) is 4.79 Å². The fourth-order valence-corrected chi connectivity index (χ4v) is 3.63. The van der Waals surface area contributed by atoms with E-state index in [9.17, 15) is 9.59 Å². The van der Waals surface area contributed by atoms with Crippen molar-refractivity contribution in [2.75, 3.05) is 26.9 Å². The van der Waals surface area contributed by atoms with Crippen molar-refractivity contribution in [1.29, 1.82) is 0 Å². The molecular formula is C16H21NO6. The molecule has 2 heterocycles. The van der Waals surface area contributed by atoms with Crippen molar-refractivity contribution >= 4 is 11.9 Å². The molecule has 0 bridgehead atoms. The molecule has 2 fully saturated rings. The van der Waals surface area contributed by atoms with Crippen molar-refractivity contribution in [1.82, 2.24) is 4.90 Å². The van der Waals surface area contributed by atoms with Crippen molar-refractivity contribution in [2.24, 2.45) is 5.92 Å². The van der Waals surface area contributed by atoms with E-state index in [1.807, 2.05) is 0 Å². The number of furan rings is 1. The number of morpholine rings is 1. The number of amides is 1. The molecule has 23 heavy (non-hydrogen) atoms. The second kappa shape index (κ2) is 6.72. The molecule has 1 N–H and O–H groups in total. The molecule has 7 nitrogen and oxygen atoms in total. The van der Waals surface area contributed by atoms with Gasteiger partial charge in [0, 0.05) is 19.6 Å². The van der Waals surface area contributed by atoms with E-state index in [-0.39, 0.29) is 35.5 Å². The van der Waals surface area contributed by atoms with Crippen molar-refractivity contribution in [3.05, 3.63) is 23.7 Å². The van der Waals surface area contributed by atoms with Gasteiger partial charge < -0.3 is 23.9 Å². The molecule has 0 aromatic carbocycles. The number of carboxylic acids is 1. The molecule has 1 aromatic heterocycles. The summed E-state index contributed by atoms with van der Waals surface area (Å²) >= 11 is 0. The van der Waals surface area contributed by atoms with E-state index in [1.54, 1.807) is 12.0 Å². The van der Waals surface area contributed by atoms with Crippen molar-refractivity contribution in [3.63, 3.8) is 0 Å². The summed E-state index contributed by atoms with van der Waals surface area (Å²) in [5.41, 5.74) is 0. The van der Waals surface area contributed by atoms with Crippen LogP contribution in [0.3, 0.4) is 0 Å². The number of rotatable bonds is 4. The lowest BCUT2D eigenvalue weighted by molar-refractivity contribution is -0.0469. The second-order valence-corrected chi connectivity index (χ2v) is 5.98. The number of aromatic carboxylic acids is 1. The maximum Gasteiger partial charge on any atom is 0.371 e. The first-order valence-corrected chi connectivity index (χ1v) is 7.86. The number of carbonyl (C=O) groups is 2. The van der Waals surface area contributed by atoms with Crippen molar-refractivity contribution < 1.29 is 28.6 Å². The Bertz CT molecular complexity index is 583. The molecule has 1 aliphatic carbocycles. The fourth-order valence-electron chi connectivity index (χ4n) is 3.63. The van der Waals surface area contributed by atoms with Crippen molar-refractivity contribution in [3.8, 4) is 0 Å². The zero-order chi connectivity index (χ0) is 16.4. The molecule has 2 aliphatic rings. The van der Waals surface area contributed by atoms with Crippen LogP contribution in [0.15, 0.2) is 16.5 Å². The number of ether oxygens (including phenoxy) is 2. The first-order chi connectivity index (χ1) is 11.1. The molecule has 3 unspecified atom stereocenters. The van der Waals surface area contributed by atoms with Crippen LogP contribution in [0.2, 0.25) is 0 Å². The van der Waals surface area contributed by atoms with Gasteiger partial charge in [-0.25, -0.2) is 4.79 Å². The number of nitrogens with zero attached hydrogens (tertiary/aromatic N) is 1. The van der Waals surface area contributed by atoms with Crippen LogP contribution in [0, 0.1) is 5.92 Å². The highest BCUT2D eigenvalue weighted by Gasteiger charge is 2.41. The standard InChI is InChI=1S/C16H21NO6/c1-21-12-4-2-3-10(12)11-9-22-8-7-17(11)15(18)13-5-6-14(23-13)16(19)20/h5-6,10-12H,2-4,7-9H2,1H3,(H,19,20). The number of hydrogen-bond acceptors (Lipinski definition) is 5. The lowest BCUT2D eigenvalue weighted by Crippen LogP contribution is -2.53. The van der Waals surface area contributed by atoms with Gasteiger partial charge in [-0.05, 0) is 25.0 Å². The van der Waals surface area contributed by atoms with Crippen LogP contribution in [0.25, 0.3) is 0 Å². The predicted molar refractivity (Wildman–Crippen MR) is 79.4 cm³/mol. The Labute approximate surface area is 134 Å². The third-order valence-electron chi connectivity index (χ3n) is 4.75. The lowest BCUT2D eigenvalue weighted by atomic mass is 9.94. The number of carboxylic acid groups (broad SMARTS) is 1. The first kappa shape index (κ1) is 16.0. The van der Waals surface area contributed by atoms with E-state index in [0.717, 1.165) is 19.3 Å². The quantitative estimate of drug-likeness (QED) is 0.906. The molecule has 126 valence electrons. The maximum atomic E-state index is 12.7. The monoisotopic (exact) mass is 323 g/mol. The molecule has 1 saturated carbocycles. The van der Waals surface area contributed by atoms with E-state index in [4.69, 9.17) is 19.0 Å². The van der Waals surface area contributed by atoms with Crippen LogP contribution in [-0.4, -0.2) is 60.9 Å². The highest BCUT2D eigenvalue weighted by Crippen LogP contribution is 2.34. The van der Waals surface area contributed by atoms with Crippen LogP contribution in [0.1, 0.15) is 40.4 Å². The highest BCUT2D eigenvalue weighted by molar-refractivity contribution is 5.93. The maximum absolute atomic E-state index is 12.7. The van der Waals surface area contributed by atoms with E-state index in [0.29, 0.717) is 19.8 Å². The largest absolute Gasteiger partial charge is 0.475 e. The Kier molecular flexibility index (Phi) is 4.68. The highest BCUT2D eigenvalue weighted by atomic mass is 16.5. The van der Waals surface area contributed by atoms with E-state index in [2.05, 4.69) is 0 Å². The van der Waals surface area contributed by atoms with Crippen LogP contribution in [-0.2, 0) is 9.47 Å². The summed E-state index contributed by atoms with van der Waals surface area (Å²) in [6, 6.07) is 2.65. The van der Waals surface area contributed by atoms with Gasteiger partial charge in [0.25, 0.3) is 5.91 Å². The number of hydrogen-bond donors (Lipinski definition) is 1. The summed E-state index contributed by atoms with van der Waals surface area (Å²) in [7, 11) is 1.70.